The van der Waals surface area contributed by atoms with Crippen molar-refractivity contribution in [3.63, 3.8) is 0 Å². The molecule has 3 heteroatoms. The van der Waals surface area contributed by atoms with Gasteiger partial charge in [-0.05, 0) is 36.9 Å². The summed E-state index contributed by atoms with van der Waals surface area (Å²) in [4.78, 5) is 3.08. The molecule has 1 atom stereocenters. The van der Waals surface area contributed by atoms with Gasteiger partial charge in [-0.2, -0.15) is 0 Å². The Bertz CT molecular complexity index is 373. The number of H-pyrrole nitrogens is 1. The van der Waals surface area contributed by atoms with Gasteiger partial charge in [0.1, 0.15) is 0 Å². The number of nitrogens with zero attached hydrogens (tertiary/aromatic N) is 1. The van der Waals surface area contributed by atoms with E-state index >= 15 is 0 Å². The lowest BCUT2D eigenvalue weighted by Crippen LogP contribution is -2.05. The van der Waals surface area contributed by atoms with Crippen molar-refractivity contribution in [1.29, 1.82) is 0 Å². The Morgan fingerprint density at radius 2 is 2.31 bits per heavy atom. The number of aromatic amines is 1. The summed E-state index contributed by atoms with van der Waals surface area (Å²) in [5, 5.41) is 0. The van der Waals surface area contributed by atoms with Crippen LogP contribution < -0.4 is 0 Å². The molecule has 1 heterocycles. The van der Waals surface area contributed by atoms with Crippen molar-refractivity contribution in [3.8, 4) is 0 Å². The van der Waals surface area contributed by atoms with Crippen LogP contribution in [0.4, 0.5) is 0 Å². The second-order valence-electron chi connectivity index (χ2n) is 4.74. The van der Waals surface area contributed by atoms with Crippen LogP contribution in [0.15, 0.2) is 6.20 Å². The van der Waals surface area contributed by atoms with Crippen LogP contribution in [0.25, 0.3) is 0 Å². The highest BCUT2D eigenvalue weighted by atomic mass is 32.1. The molecular formula is C10H16N2S. The molecule has 1 unspecified atom stereocenters. The maximum atomic E-state index is 5.20. The summed E-state index contributed by atoms with van der Waals surface area (Å²) < 4.78 is 3.06. The normalized spacial score (nSPS) is 24.7. The number of hydrogen-bond donors (Lipinski definition) is 1. The minimum absolute atomic E-state index is 0.540. The molecular weight excluding hydrogens is 180 g/mol. The third kappa shape index (κ3) is 1.57. The second kappa shape index (κ2) is 2.71. The van der Waals surface area contributed by atoms with E-state index in [9.17, 15) is 0 Å². The van der Waals surface area contributed by atoms with Crippen molar-refractivity contribution in [3.05, 3.63) is 16.7 Å². The summed E-state index contributed by atoms with van der Waals surface area (Å²) in [6.07, 6.45) is 3.32. The van der Waals surface area contributed by atoms with Crippen LogP contribution in [0.2, 0.25) is 0 Å². The first-order valence-electron chi connectivity index (χ1n) is 4.75. The van der Waals surface area contributed by atoms with Gasteiger partial charge in [0.15, 0.2) is 4.77 Å². The van der Waals surface area contributed by atoms with Crippen molar-refractivity contribution < 1.29 is 0 Å². The molecule has 13 heavy (non-hydrogen) atoms. The lowest BCUT2D eigenvalue weighted by Gasteiger charge is -2.06. The van der Waals surface area contributed by atoms with Gasteiger partial charge in [0, 0.05) is 18.4 Å². The van der Waals surface area contributed by atoms with E-state index in [2.05, 4.69) is 30.3 Å². The number of rotatable bonds is 2. The summed E-state index contributed by atoms with van der Waals surface area (Å²) in [5.41, 5.74) is 1.78. The molecule has 0 radical (unpaired) electrons. The van der Waals surface area contributed by atoms with E-state index in [1.165, 1.54) is 12.1 Å². The molecule has 0 spiro atoms. The molecule has 1 aliphatic rings. The first kappa shape index (κ1) is 9.00. The van der Waals surface area contributed by atoms with Crippen LogP contribution in [-0.2, 0) is 6.54 Å². The predicted molar refractivity (Wildman–Crippen MR) is 56.2 cm³/mol. The highest BCUT2D eigenvalue weighted by Crippen LogP contribution is 2.52. The Morgan fingerprint density at radius 1 is 1.69 bits per heavy atom. The van der Waals surface area contributed by atoms with Gasteiger partial charge in [0.05, 0.1) is 0 Å². The largest absolute Gasteiger partial charge is 0.337 e. The number of hydrogen-bond acceptors (Lipinski definition) is 1. The van der Waals surface area contributed by atoms with E-state index in [0.29, 0.717) is 5.41 Å². The average molecular weight is 196 g/mol. The van der Waals surface area contributed by atoms with E-state index in [1.54, 1.807) is 0 Å². The molecule has 0 saturated heterocycles. The van der Waals surface area contributed by atoms with Gasteiger partial charge in [-0.15, -0.1) is 0 Å². The van der Waals surface area contributed by atoms with Gasteiger partial charge < -0.3 is 9.55 Å². The Kier molecular flexibility index (Phi) is 1.88. The van der Waals surface area contributed by atoms with Gasteiger partial charge >= 0.3 is 0 Å². The number of aromatic nitrogens is 2. The second-order valence-corrected chi connectivity index (χ2v) is 5.12. The maximum Gasteiger partial charge on any atom is 0.177 e. The lowest BCUT2D eigenvalue weighted by atomic mass is 10.1. The predicted octanol–water partition coefficient (Wildman–Crippen LogP) is 2.90. The Hall–Kier alpha value is -0.570. The Balaban J connectivity index is 2.15. The Morgan fingerprint density at radius 3 is 2.69 bits per heavy atom. The fraction of sp³-hybridized carbons (Fsp3) is 0.700. The van der Waals surface area contributed by atoms with E-state index in [4.69, 9.17) is 12.2 Å². The van der Waals surface area contributed by atoms with E-state index in [0.717, 1.165) is 17.2 Å². The minimum atomic E-state index is 0.540. The lowest BCUT2D eigenvalue weighted by molar-refractivity contribution is 0.491. The maximum absolute atomic E-state index is 5.20. The molecule has 2 rings (SSSR count). The van der Waals surface area contributed by atoms with Crippen LogP contribution in [0.1, 0.15) is 26.0 Å². The summed E-state index contributed by atoms with van der Waals surface area (Å²) in [7, 11) is 0. The highest BCUT2D eigenvalue weighted by Gasteiger charge is 2.45. The van der Waals surface area contributed by atoms with Crippen molar-refractivity contribution in [2.75, 3.05) is 0 Å². The minimum Gasteiger partial charge on any atom is -0.337 e. The SMILES string of the molecule is Cc1c[nH]c(=S)n1CC1CC1(C)C. The molecule has 1 aromatic rings. The molecule has 1 aliphatic carbocycles. The molecule has 1 aromatic heterocycles. The molecule has 0 bridgehead atoms. The van der Waals surface area contributed by atoms with E-state index in [1.807, 2.05) is 6.20 Å². The average Bonchev–Trinajstić information content (AvgIpc) is 2.52. The first-order valence-corrected chi connectivity index (χ1v) is 5.16. The molecule has 0 aliphatic heterocycles. The number of imidazole rings is 1. The molecule has 0 aromatic carbocycles. The molecule has 72 valence electrons. The summed E-state index contributed by atoms with van der Waals surface area (Å²) >= 11 is 5.20. The van der Waals surface area contributed by atoms with Crippen LogP contribution in [-0.4, -0.2) is 9.55 Å². The van der Waals surface area contributed by atoms with Crippen LogP contribution in [0.5, 0.6) is 0 Å². The molecule has 2 nitrogen and oxygen atoms in total. The number of aryl methyl sites for hydroxylation is 1. The molecule has 1 fully saturated rings. The fourth-order valence-corrected chi connectivity index (χ4v) is 2.09. The molecule has 1 saturated carbocycles. The standard InChI is InChI=1S/C10H16N2S/c1-7-5-11-9(13)12(7)6-8-4-10(8,2)3/h5,8H,4,6H2,1-3H3,(H,11,13). The highest BCUT2D eigenvalue weighted by molar-refractivity contribution is 7.71. The summed E-state index contributed by atoms with van der Waals surface area (Å²) in [6.45, 7) is 7.83. The van der Waals surface area contributed by atoms with Gasteiger partial charge in [0.25, 0.3) is 0 Å². The zero-order valence-electron chi connectivity index (χ0n) is 8.42. The van der Waals surface area contributed by atoms with Crippen molar-refractivity contribution in [1.82, 2.24) is 9.55 Å². The summed E-state index contributed by atoms with van der Waals surface area (Å²) in [5.74, 6) is 0.814. The zero-order chi connectivity index (χ0) is 9.64. The monoisotopic (exact) mass is 196 g/mol. The summed E-state index contributed by atoms with van der Waals surface area (Å²) in [6, 6.07) is 0. The van der Waals surface area contributed by atoms with Gasteiger partial charge in [-0.25, -0.2) is 0 Å². The van der Waals surface area contributed by atoms with E-state index in [-0.39, 0.29) is 0 Å². The fourth-order valence-electron chi connectivity index (χ4n) is 1.82. The molecule has 0 amide bonds. The van der Waals surface area contributed by atoms with Crippen molar-refractivity contribution in [2.45, 2.75) is 33.7 Å². The Labute approximate surface area is 84.0 Å². The van der Waals surface area contributed by atoms with Crippen molar-refractivity contribution >= 4 is 12.2 Å². The number of nitrogens with one attached hydrogen (secondary N) is 1. The third-order valence-electron chi connectivity index (χ3n) is 3.20. The van der Waals surface area contributed by atoms with Crippen LogP contribution in [0, 0.1) is 23.0 Å². The smallest absolute Gasteiger partial charge is 0.177 e. The third-order valence-corrected chi connectivity index (χ3v) is 3.53. The zero-order valence-corrected chi connectivity index (χ0v) is 9.24. The van der Waals surface area contributed by atoms with Gasteiger partial charge in [0.2, 0.25) is 0 Å². The topological polar surface area (TPSA) is 20.7 Å². The quantitative estimate of drug-likeness (QED) is 0.721. The van der Waals surface area contributed by atoms with Crippen LogP contribution in [0.3, 0.4) is 0 Å². The molecule has 1 N–H and O–H groups in total. The van der Waals surface area contributed by atoms with Gasteiger partial charge in [-0.1, -0.05) is 13.8 Å². The van der Waals surface area contributed by atoms with Crippen LogP contribution >= 0.6 is 12.2 Å². The van der Waals surface area contributed by atoms with E-state index < -0.39 is 0 Å². The van der Waals surface area contributed by atoms with Gasteiger partial charge in [-0.3, -0.25) is 0 Å². The van der Waals surface area contributed by atoms with Crippen molar-refractivity contribution in [2.24, 2.45) is 11.3 Å². The first-order chi connectivity index (χ1) is 6.00.